The molecule has 0 aliphatic heterocycles. The van der Waals surface area contributed by atoms with Crippen LogP contribution in [0.4, 0.5) is 4.39 Å². The molecule has 0 heterocycles. The van der Waals surface area contributed by atoms with Crippen LogP contribution in [0, 0.1) is 5.82 Å². The van der Waals surface area contributed by atoms with Gasteiger partial charge in [0.15, 0.2) is 0 Å². The summed E-state index contributed by atoms with van der Waals surface area (Å²) in [6, 6.07) is 5.21. The SMILES string of the molecule is O=S(=O)(NCBr)c1ccccc1F. The smallest absolute Gasteiger partial charge is 0.207 e. The van der Waals surface area contributed by atoms with Crippen LogP contribution in [0.1, 0.15) is 0 Å². The summed E-state index contributed by atoms with van der Waals surface area (Å²) in [5, 5.41) is 0. The van der Waals surface area contributed by atoms with Crippen molar-refractivity contribution in [2.45, 2.75) is 4.90 Å². The topological polar surface area (TPSA) is 46.2 Å². The van der Waals surface area contributed by atoms with Crippen molar-refractivity contribution >= 4 is 26.0 Å². The van der Waals surface area contributed by atoms with Gasteiger partial charge in [0, 0.05) is 0 Å². The normalized spacial score (nSPS) is 11.5. The van der Waals surface area contributed by atoms with Gasteiger partial charge in [0.2, 0.25) is 10.0 Å². The van der Waals surface area contributed by atoms with E-state index in [4.69, 9.17) is 0 Å². The summed E-state index contributed by atoms with van der Waals surface area (Å²) in [5.41, 5.74) is 0.0592. The molecule has 0 saturated heterocycles. The Labute approximate surface area is 84.1 Å². The Morgan fingerprint density at radius 1 is 1.38 bits per heavy atom. The van der Waals surface area contributed by atoms with Crippen LogP contribution >= 0.6 is 15.9 Å². The molecule has 0 spiro atoms. The Morgan fingerprint density at radius 2 is 2.00 bits per heavy atom. The fraction of sp³-hybridized carbons (Fsp3) is 0.143. The molecule has 6 heteroatoms. The fourth-order valence-electron chi connectivity index (χ4n) is 0.812. The van der Waals surface area contributed by atoms with Crippen LogP contribution in [-0.2, 0) is 10.0 Å². The first-order valence-corrected chi connectivity index (χ1v) is 5.98. The van der Waals surface area contributed by atoms with E-state index in [9.17, 15) is 12.8 Å². The Balaban J connectivity index is 3.15. The van der Waals surface area contributed by atoms with Gasteiger partial charge < -0.3 is 0 Å². The summed E-state index contributed by atoms with van der Waals surface area (Å²) in [6.07, 6.45) is 0. The van der Waals surface area contributed by atoms with Gasteiger partial charge >= 0.3 is 0 Å². The molecule has 0 fully saturated rings. The Kier molecular flexibility index (Phi) is 3.40. The van der Waals surface area contributed by atoms with Crippen molar-refractivity contribution in [2.75, 3.05) is 5.45 Å². The highest BCUT2D eigenvalue weighted by molar-refractivity contribution is 9.09. The third-order valence-electron chi connectivity index (χ3n) is 1.37. The Hall–Kier alpha value is -0.460. The second kappa shape index (κ2) is 4.17. The second-order valence-electron chi connectivity index (χ2n) is 2.21. The molecule has 0 amide bonds. The minimum Gasteiger partial charge on any atom is -0.207 e. The molecule has 0 aliphatic rings. The standard InChI is InChI=1S/C7H7BrFNO2S/c8-5-10-13(11,12)7-4-2-1-3-6(7)9/h1-4,10H,5H2. The van der Waals surface area contributed by atoms with Crippen molar-refractivity contribution in [3.63, 3.8) is 0 Å². The average Bonchev–Trinajstić information content (AvgIpc) is 2.04. The maximum atomic E-state index is 13.0. The summed E-state index contributed by atoms with van der Waals surface area (Å²) < 4.78 is 37.6. The molecular weight excluding hydrogens is 261 g/mol. The number of hydrogen-bond donors (Lipinski definition) is 1. The van der Waals surface area contributed by atoms with Gasteiger partial charge in [-0.15, -0.1) is 0 Å². The number of alkyl halides is 1. The average molecular weight is 268 g/mol. The molecule has 72 valence electrons. The van der Waals surface area contributed by atoms with Crippen molar-refractivity contribution in [3.05, 3.63) is 30.1 Å². The van der Waals surface area contributed by atoms with E-state index in [2.05, 4.69) is 20.7 Å². The lowest BCUT2D eigenvalue weighted by atomic mass is 10.4. The first-order valence-electron chi connectivity index (χ1n) is 3.38. The van der Waals surface area contributed by atoms with E-state index in [0.29, 0.717) is 0 Å². The van der Waals surface area contributed by atoms with Crippen molar-refractivity contribution in [1.82, 2.24) is 4.72 Å². The molecule has 0 unspecified atom stereocenters. The van der Waals surface area contributed by atoms with Crippen LogP contribution in [0.3, 0.4) is 0 Å². The molecule has 1 aromatic carbocycles. The maximum Gasteiger partial charge on any atom is 0.244 e. The minimum atomic E-state index is -3.71. The molecule has 3 nitrogen and oxygen atoms in total. The summed E-state index contributed by atoms with van der Waals surface area (Å²) in [7, 11) is -3.71. The van der Waals surface area contributed by atoms with Crippen molar-refractivity contribution in [2.24, 2.45) is 0 Å². The second-order valence-corrected chi connectivity index (χ2v) is 4.51. The number of nitrogens with one attached hydrogen (secondary N) is 1. The molecule has 1 aromatic rings. The number of hydrogen-bond acceptors (Lipinski definition) is 2. The van der Waals surface area contributed by atoms with Gasteiger partial charge in [-0.2, -0.15) is 0 Å². The predicted octanol–water partition coefficient (Wildman–Crippen LogP) is 1.46. The predicted molar refractivity (Wildman–Crippen MR) is 50.5 cm³/mol. The van der Waals surface area contributed by atoms with E-state index < -0.39 is 15.8 Å². The zero-order valence-corrected chi connectivity index (χ0v) is 8.90. The molecule has 1 N–H and O–H groups in total. The van der Waals surface area contributed by atoms with E-state index in [1.54, 1.807) is 0 Å². The number of halogens is 2. The quantitative estimate of drug-likeness (QED) is 0.666. The van der Waals surface area contributed by atoms with Crippen LogP contribution in [0.25, 0.3) is 0 Å². The zero-order chi connectivity index (χ0) is 9.90. The summed E-state index contributed by atoms with van der Waals surface area (Å²) in [6.45, 7) is 0. The molecule has 0 radical (unpaired) electrons. The molecule has 13 heavy (non-hydrogen) atoms. The van der Waals surface area contributed by atoms with E-state index in [-0.39, 0.29) is 10.3 Å². The fourth-order valence-corrected chi connectivity index (χ4v) is 2.60. The number of sulfonamides is 1. The largest absolute Gasteiger partial charge is 0.244 e. The third kappa shape index (κ3) is 2.49. The highest BCUT2D eigenvalue weighted by atomic mass is 79.9. The monoisotopic (exact) mass is 267 g/mol. The lowest BCUT2D eigenvalue weighted by Crippen LogP contribution is -2.22. The van der Waals surface area contributed by atoms with Crippen LogP contribution in [0.5, 0.6) is 0 Å². The Morgan fingerprint density at radius 3 is 2.54 bits per heavy atom. The van der Waals surface area contributed by atoms with E-state index in [1.807, 2.05) is 0 Å². The lowest BCUT2D eigenvalue weighted by molar-refractivity contribution is 0.561. The number of rotatable bonds is 3. The molecule has 0 saturated carbocycles. The first kappa shape index (κ1) is 10.6. The van der Waals surface area contributed by atoms with Crippen LogP contribution in [0.2, 0.25) is 0 Å². The lowest BCUT2D eigenvalue weighted by Gasteiger charge is -2.03. The van der Waals surface area contributed by atoms with Gasteiger partial charge in [0.1, 0.15) is 10.7 Å². The third-order valence-corrected chi connectivity index (χ3v) is 3.46. The van der Waals surface area contributed by atoms with Gasteiger partial charge in [0.25, 0.3) is 0 Å². The van der Waals surface area contributed by atoms with Gasteiger partial charge in [-0.05, 0) is 12.1 Å². The van der Waals surface area contributed by atoms with E-state index in [0.717, 1.165) is 6.07 Å². The van der Waals surface area contributed by atoms with Crippen LogP contribution < -0.4 is 4.72 Å². The number of benzene rings is 1. The van der Waals surface area contributed by atoms with Gasteiger partial charge in [-0.25, -0.2) is 17.5 Å². The van der Waals surface area contributed by atoms with Crippen LogP contribution in [-0.4, -0.2) is 13.9 Å². The highest BCUT2D eigenvalue weighted by Crippen LogP contribution is 2.12. The van der Waals surface area contributed by atoms with E-state index >= 15 is 0 Å². The van der Waals surface area contributed by atoms with Gasteiger partial charge in [0.05, 0.1) is 5.45 Å². The van der Waals surface area contributed by atoms with Crippen molar-refractivity contribution < 1.29 is 12.8 Å². The van der Waals surface area contributed by atoms with Crippen molar-refractivity contribution in [1.29, 1.82) is 0 Å². The first-order chi connectivity index (χ1) is 6.08. The van der Waals surface area contributed by atoms with Gasteiger partial charge in [-0.3, -0.25) is 0 Å². The summed E-state index contributed by atoms with van der Waals surface area (Å²) >= 11 is 2.89. The van der Waals surface area contributed by atoms with Crippen LogP contribution in [0.15, 0.2) is 29.2 Å². The maximum absolute atomic E-state index is 13.0. The van der Waals surface area contributed by atoms with E-state index in [1.165, 1.54) is 18.2 Å². The molecular formula is C7H7BrFNO2S. The summed E-state index contributed by atoms with van der Waals surface area (Å²) in [5.74, 6) is -0.754. The van der Waals surface area contributed by atoms with Crippen molar-refractivity contribution in [3.8, 4) is 0 Å². The molecule has 1 rings (SSSR count). The molecule has 0 aromatic heterocycles. The van der Waals surface area contributed by atoms with Gasteiger partial charge in [-0.1, -0.05) is 28.1 Å². The molecule has 0 atom stereocenters. The Bertz CT molecular complexity index is 393. The molecule has 0 bridgehead atoms. The zero-order valence-electron chi connectivity index (χ0n) is 6.50. The molecule has 0 aliphatic carbocycles. The minimum absolute atomic E-state index is 0.0592. The summed E-state index contributed by atoms with van der Waals surface area (Å²) in [4.78, 5) is -0.338. The highest BCUT2D eigenvalue weighted by Gasteiger charge is 2.16.